The molecule has 0 atom stereocenters. The number of rotatable bonds is 5. The van der Waals surface area contributed by atoms with Gasteiger partial charge in [-0.15, -0.1) is 0 Å². The zero-order valence-corrected chi connectivity index (χ0v) is 12.1. The van der Waals surface area contributed by atoms with Crippen molar-refractivity contribution in [1.82, 2.24) is 14.9 Å². The summed E-state index contributed by atoms with van der Waals surface area (Å²) in [5, 5.41) is 2.37. The quantitative estimate of drug-likeness (QED) is 0.616. The standard InChI is InChI=1S/C11H14F3N3O3S/c1-17(2)11(18)15-3-4-16-21(19,20)10-6-8(13)7(12)5-9(10)14/h5-6,16H,3-4H2,1-2H3,(H,15,18). The minimum Gasteiger partial charge on any atom is -0.337 e. The molecule has 0 radical (unpaired) electrons. The molecule has 0 bridgehead atoms. The minimum absolute atomic E-state index is 0.0540. The van der Waals surface area contributed by atoms with Crippen molar-refractivity contribution in [3.8, 4) is 0 Å². The van der Waals surface area contributed by atoms with E-state index in [2.05, 4.69) is 5.32 Å². The maximum absolute atomic E-state index is 13.4. The van der Waals surface area contributed by atoms with Gasteiger partial charge in [-0.2, -0.15) is 0 Å². The first-order chi connectivity index (χ1) is 9.65. The number of urea groups is 1. The Kier molecular flexibility index (Phi) is 5.55. The predicted octanol–water partition coefficient (Wildman–Crippen LogP) is 0.653. The van der Waals surface area contributed by atoms with E-state index in [1.165, 1.54) is 19.0 Å². The molecule has 0 aliphatic heterocycles. The number of hydrogen-bond acceptors (Lipinski definition) is 3. The van der Waals surface area contributed by atoms with Gasteiger partial charge in [-0.3, -0.25) is 0 Å². The van der Waals surface area contributed by atoms with Gasteiger partial charge in [0.1, 0.15) is 10.7 Å². The molecule has 0 heterocycles. The molecule has 0 spiro atoms. The van der Waals surface area contributed by atoms with E-state index >= 15 is 0 Å². The van der Waals surface area contributed by atoms with Crippen LogP contribution in [0.4, 0.5) is 18.0 Å². The number of amides is 2. The monoisotopic (exact) mass is 325 g/mol. The van der Waals surface area contributed by atoms with Crippen molar-refractivity contribution < 1.29 is 26.4 Å². The lowest BCUT2D eigenvalue weighted by atomic mass is 10.3. The van der Waals surface area contributed by atoms with Crippen LogP contribution >= 0.6 is 0 Å². The number of halogens is 3. The molecule has 0 aliphatic rings. The average Bonchev–Trinajstić information content (AvgIpc) is 2.38. The van der Waals surface area contributed by atoms with E-state index in [-0.39, 0.29) is 25.2 Å². The molecule has 21 heavy (non-hydrogen) atoms. The van der Waals surface area contributed by atoms with Crippen molar-refractivity contribution in [3.63, 3.8) is 0 Å². The molecule has 2 N–H and O–H groups in total. The van der Waals surface area contributed by atoms with Crippen LogP contribution in [0.3, 0.4) is 0 Å². The van der Waals surface area contributed by atoms with Crippen LogP contribution in [0.2, 0.25) is 0 Å². The van der Waals surface area contributed by atoms with Crippen LogP contribution < -0.4 is 10.0 Å². The molecule has 1 aromatic rings. The Balaban J connectivity index is 2.71. The molecule has 0 unspecified atom stereocenters. The summed E-state index contributed by atoms with van der Waals surface area (Å²) in [6, 6.07) is -0.0310. The summed E-state index contributed by atoms with van der Waals surface area (Å²) in [4.78, 5) is 11.4. The highest BCUT2D eigenvalue weighted by Gasteiger charge is 2.21. The van der Waals surface area contributed by atoms with Crippen molar-refractivity contribution in [3.05, 3.63) is 29.6 Å². The number of benzene rings is 1. The Morgan fingerprint density at radius 2 is 1.67 bits per heavy atom. The zero-order valence-electron chi connectivity index (χ0n) is 11.3. The van der Waals surface area contributed by atoms with Crippen LogP contribution in [-0.2, 0) is 10.0 Å². The third kappa shape index (κ3) is 4.60. The van der Waals surface area contributed by atoms with Crippen molar-refractivity contribution in [2.45, 2.75) is 4.90 Å². The van der Waals surface area contributed by atoms with Crippen LogP contribution in [0, 0.1) is 17.5 Å². The van der Waals surface area contributed by atoms with Gasteiger partial charge in [-0.25, -0.2) is 31.1 Å². The molecule has 0 saturated heterocycles. The normalized spacial score (nSPS) is 11.3. The van der Waals surface area contributed by atoms with Gasteiger partial charge < -0.3 is 10.2 Å². The van der Waals surface area contributed by atoms with Gasteiger partial charge in [0.2, 0.25) is 10.0 Å². The molecule has 0 aliphatic carbocycles. The average molecular weight is 325 g/mol. The second kappa shape index (κ2) is 6.76. The number of nitrogens with zero attached hydrogens (tertiary/aromatic N) is 1. The van der Waals surface area contributed by atoms with Crippen LogP contribution in [0.15, 0.2) is 17.0 Å². The molecular weight excluding hydrogens is 311 g/mol. The van der Waals surface area contributed by atoms with Crippen LogP contribution in [0.5, 0.6) is 0 Å². The molecule has 10 heteroatoms. The van der Waals surface area contributed by atoms with E-state index in [1.54, 1.807) is 0 Å². The highest BCUT2D eigenvalue weighted by Crippen LogP contribution is 2.18. The number of sulfonamides is 1. The molecule has 6 nitrogen and oxygen atoms in total. The van der Waals surface area contributed by atoms with Crippen molar-refractivity contribution >= 4 is 16.1 Å². The summed E-state index contributed by atoms with van der Waals surface area (Å²) in [7, 11) is -1.35. The molecule has 1 aromatic carbocycles. The summed E-state index contributed by atoms with van der Waals surface area (Å²) in [6.07, 6.45) is 0. The number of carbonyl (C=O) groups is 1. The summed E-state index contributed by atoms with van der Waals surface area (Å²) >= 11 is 0. The van der Waals surface area contributed by atoms with Gasteiger partial charge in [0, 0.05) is 33.3 Å². The Morgan fingerprint density at radius 3 is 2.24 bits per heavy atom. The number of carbonyl (C=O) groups excluding carboxylic acids is 1. The number of hydrogen-bond donors (Lipinski definition) is 2. The second-order valence-electron chi connectivity index (χ2n) is 4.22. The van der Waals surface area contributed by atoms with Gasteiger partial charge >= 0.3 is 6.03 Å². The second-order valence-corrected chi connectivity index (χ2v) is 5.96. The molecular formula is C11H14F3N3O3S. The zero-order chi connectivity index (χ0) is 16.2. The highest BCUT2D eigenvalue weighted by molar-refractivity contribution is 7.89. The molecule has 0 saturated carbocycles. The van der Waals surface area contributed by atoms with Gasteiger partial charge in [-0.1, -0.05) is 0 Å². The smallest absolute Gasteiger partial charge is 0.316 e. The van der Waals surface area contributed by atoms with Crippen LogP contribution in [0.25, 0.3) is 0 Å². The van der Waals surface area contributed by atoms with E-state index in [1.807, 2.05) is 4.72 Å². The topological polar surface area (TPSA) is 78.5 Å². The SMILES string of the molecule is CN(C)C(=O)NCCNS(=O)(=O)c1cc(F)c(F)cc1F. The van der Waals surface area contributed by atoms with Gasteiger partial charge in [0.15, 0.2) is 11.6 Å². The highest BCUT2D eigenvalue weighted by atomic mass is 32.2. The Hall–Kier alpha value is -1.81. The fraction of sp³-hybridized carbons (Fsp3) is 0.364. The summed E-state index contributed by atoms with van der Waals surface area (Å²) in [6.45, 7) is -0.290. The lowest BCUT2D eigenvalue weighted by molar-refractivity contribution is 0.217. The Labute approximate surface area is 120 Å². The first-order valence-corrected chi connectivity index (χ1v) is 7.23. The largest absolute Gasteiger partial charge is 0.337 e. The van der Waals surface area contributed by atoms with E-state index in [4.69, 9.17) is 0 Å². The predicted molar refractivity (Wildman–Crippen MR) is 68.6 cm³/mol. The van der Waals surface area contributed by atoms with Crippen molar-refractivity contribution in [2.24, 2.45) is 0 Å². The third-order valence-corrected chi connectivity index (χ3v) is 3.84. The maximum Gasteiger partial charge on any atom is 0.316 e. The molecule has 1 rings (SSSR count). The first-order valence-electron chi connectivity index (χ1n) is 5.74. The van der Waals surface area contributed by atoms with E-state index in [0.29, 0.717) is 0 Å². The summed E-state index contributed by atoms with van der Waals surface area (Å²) in [5.41, 5.74) is 0. The van der Waals surface area contributed by atoms with Crippen LogP contribution in [-0.4, -0.2) is 46.5 Å². The molecule has 0 fully saturated rings. The van der Waals surface area contributed by atoms with E-state index in [0.717, 1.165) is 0 Å². The Bertz CT molecular complexity index is 635. The molecule has 118 valence electrons. The Morgan fingerprint density at radius 1 is 1.10 bits per heavy atom. The van der Waals surface area contributed by atoms with Gasteiger partial charge in [0.25, 0.3) is 0 Å². The lowest BCUT2D eigenvalue weighted by Crippen LogP contribution is -2.39. The maximum atomic E-state index is 13.4. The molecule has 0 aromatic heterocycles. The van der Waals surface area contributed by atoms with E-state index in [9.17, 15) is 26.4 Å². The van der Waals surface area contributed by atoms with Crippen molar-refractivity contribution in [1.29, 1.82) is 0 Å². The summed E-state index contributed by atoms with van der Waals surface area (Å²) < 4.78 is 64.5. The fourth-order valence-electron chi connectivity index (χ4n) is 1.30. The minimum atomic E-state index is -4.34. The van der Waals surface area contributed by atoms with Gasteiger partial charge in [0.05, 0.1) is 0 Å². The van der Waals surface area contributed by atoms with Gasteiger partial charge in [-0.05, 0) is 6.07 Å². The first kappa shape index (κ1) is 17.2. The fourth-order valence-corrected chi connectivity index (χ4v) is 2.40. The summed E-state index contributed by atoms with van der Waals surface area (Å²) in [5.74, 6) is -4.36. The number of nitrogens with one attached hydrogen (secondary N) is 2. The van der Waals surface area contributed by atoms with Crippen molar-refractivity contribution in [2.75, 3.05) is 27.2 Å². The third-order valence-electron chi connectivity index (χ3n) is 2.36. The molecule has 2 amide bonds. The van der Waals surface area contributed by atoms with Crippen LogP contribution in [0.1, 0.15) is 0 Å². The van der Waals surface area contributed by atoms with E-state index < -0.39 is 38.4 Å². The lowest BCUT2D eigenvalue weighted by Gasteiger charge is -2.12.